The van der Waals surface area contributed by atoms with E-state index in [0.29, 0.717) is 16.6 Å². The van der Waals surface area contributed by atoms with Gasteiger partial charge in [0.2, 0.25) is 0 Å². The molecule has 6 nitrogen and oxygen atoms in total. The normalized spacial score (nSPS) is 14.2. The number of thiazole rings is 1. The lowest BCUT2D eigenvalue weighted by molar-refractivity contribution is 0.103. The second kappa shape index (κ2) is 5.85. The van der Waals surface area contributed by atoms with Crippen molar-refractivity contribution >= 4 is 28.2 Å². The summed E-state index contributed by atoms with van der Waals surface area (Å²) in [6.07, 6.45) is 4.04. The van der Waals surface area contributed by atoms with Crippen LogP contribution in [0.5, 0.6) is 0 Å². The molecule has 0 aliphatic heterocycles. The molecule has 1 amide bonds. The van der Waals surface area contributed by atoms with Crippen LogP contribution in [0.3, 0.4) is 0 Å². The Morgan fingerprint density at radius 3 is 2.95 bits per heavy atom. The number of nitrogens with one attached hydrogen (secondary N) is 2. The summed E-state index contributed by atoms with van der Waals surface area (Å²) in [4.78, 5) is 17.0. The molecule has 112 valence electrons. The molecule has 0 spiro atoms. The predicted octanol–water partition coefficient (Wildman–Crippen LogP) is 2.92. The molecule has 2 heterocycles. The molecule has 0 bridgehead atoms. The van der Waals surface area contributed by atoms with E-state index in [4.69, 9.17) is 0 Å². The third-order valence-corrected chi connectivity index (χ3v) is 4.36. The van der Waals surface area contributed by atoms with E-state index in [1.54, 1.807) is 6.20 Å². The van der Waals surface area contributed by atoms with Gasteiger partial charge < -0.3 is 10.6 Å². The zero-order valence-corrected chi connectivity index (χ0v) is 13.0. The van der Waals surface area contributed by atoms with Crippen molar-refractivity contribution in [2.24, 2.45) is 0 Å². The Kier molecular flexibility index (Phi) is 3.92. The van der Waals surface area contributed by atoms with Gasteiger partial charge in [-0.3, -0.25) is 9.48 Å². The van der Waals surface area contributed by atoms with Crippen LogP contribution in [-0.2, 0) is 6.54 Å². The molecular weight excluding hydrogens is 286 g/mol. The lowest BCUT2D eigenvalue weighted by Crippen LogP contribution is -2.11. The molecular formula is C14H19N5OS. The lowest BCUT2D eigenvalue weighted by Gasteiger charge is -2.00. The largest absolute Gasteiger partial charge is 0.362 e. The molecule has 1 aliphatic carbocycles. The van der Waals surface area contributed by atoms with Gasteiger partial charge in [0.25, 0.3) is 5.91 Å². The quantitative estimate of drug-likeness (QED) is 0.860. The standard InChI is InChI=1S/C14H19N5OS/c1-3-15-14-16-8-11(21-14)13(20)17-12-7-10(9-5-6-9)19(4-2)18-12/h7-9H,3-6H2,1-2H3,(H,15,16)(H,17,18,20). The molecule has 2 aromatic heterocycles. The van der Waals surface area contributed by atoms with E-state index in [9.17, 15) is 4.79 Å². The summed E-state index contributed by atoms with van der Waals surface area (Å²) in [7, 11) is 0. The maximum Gasteiger partial charge on any atom is 0.268 e. The summed E-state index contributed by atoms with van der Waals surface area (Å²) >= 11 is 1.35. The average molecular weight is 305 g/mol. The molecule has 2 N–H and O–H groups in total. The first kappa shape index (κ1) is 14.1. The summed E-state index contributed by atoms with van der Waals surface area (Å²) in [5.41, 5.74) is 1.23. The van der Waals surface area contributed by atoms with E-state index in [1.807, 2.05) is 17.7 Å². The molecule has 0 radical (unpaired) electrons. The molecule has 0 unspecified atom stereocenters. The van der Waals surface area contributed by atoms with Crippen molar-refractivity contribution in [3.63, 3.8) is 0 Å². The van der Waals surface area contributed by atoms with Crippen LogP contribution < -0.4 is 10.6 Å². The summed E-state index contributed by atoms with van der Waals surface area (Å²) in [5.74, 6) is 1.09. The number of nitrogens with zero attached hydrogens (tertiary/aromatic N) is 3. The predicted molar refractivity (Wildman–Crippen MR) is 84.1 cm³/mol. The minimum absolute atomic E-state index is 0.153. The number of rotatable bonds is 6. The van der Waals surface area contributed by atoms with Crippen molar-refractivity contribution in [2.75, 3.05) is 17.2 Å². The van der Waals surface area contributed by atoms with E-state index in [2.05, 4.69) is 27.6 Å². The van der Waals surface area contributed by atoms with E-state index >= 15 is 0 Å². The third kappa shape index (κ3) is 3.07. The van der Waals surface area contributed by atoms with Crippen molar-refractivity contribution in [3.05, 3.63) is 22.8 Å². The van der Waals surface area contributed by atoms with Crippen LogP contribution in [0.15, 0.2) is 12.3 Å². The number of aryl methyl sites for hydroxylation is 1. The molecule has 1 saturated carbocycles. The number of carbonyl (C=O) groups is 1. The molecule has 0 saturated heterocycles. The number of hydrogen-bond acceptors (Lipinski definition) is 5. The van der Waals surface area contributed by atoms with Gasteiger partial charge in [-0.2, -0.15) is 5.10 Å². The second-order valence-electron chi connectivity index (χ2n) is 5.06. The van der Waals surface area contributed by atoms with E-state index in [1.165, 1.54) is 29.9 Å². The first-order valence-corrected chi connectivity index (χ1v) is 8.11. The van der Waals surface area contributed by atoms with Crippen molar-refractivity contribution in [2.45, 2.75) is 39.2 Å². The Balaban J connectivity index is 1.71. The minimum atomic E-state index is -0.153. The molecule has 0 aromatic carbocycles. The maximum atomic E-state index is 12.2. The fourth-order valence-corrected chi connectivity index (χ4v) is 3.02. The van der Waals surface area contributed by atoms with Crippen LogP contribution in [0.2, 0.25) is 0 Å². The van der Waals surface area contributed by atoms with E-state index < -0.39 is 0 Å². The first-order chi connectivity index (χ1) is 10.2. The van der Waals surface area contributed by atoms with Crippen LogP contribution in [0.1, 0.15) is 48.0 Å². The first-order valence-electron chi connectivity index (χ1n) is 7.30. The molecule has 1 aliphatic rings. The van der Waals surface area contributed by atoms with E-state index in [0.717, 1.165) is 18.2 Å². The fourth-order valence-electron chi connectivity index (χ4n) is 2.24. The van der Waals surface area contributed by atoms with E-state index in [-0.39, 0.29) is 5.91 Å². The number of carbonyl (C=O) groups excluding carboxylic acids is 1. The number of hydrogen-bond donors (Lipinski definition) is 2. The van der Waals surface area contributed by atoms with Gasteiger partial charge in [0.05, 0.1) is 6.20 Å². The molecule has 7 heteroatoms. The molecule has 21 heavy (non-hydrogen) atoms. The van der Waals surface area contributed by atoms with Crippen molar-refractivity contribution < 1.29 is 4.79 Å². The highest BCUT2D eigenvalue weighted by Gasteiger charge is 2.28. The Bertz CT molecular complexity index is 644. The number of aromatic nitrogens is 3. The van der Waals surface area contributed by atoms with Gasteiger partial charge in [-0.25, -0.2) is 4.98 Å². The number of amides is 1. The van der Waals surface area contributed by atoms with Crippen molar-refractivity contribution in [1.29, 1.82) is 0 Å². The van der Waals surface area contributed by atoms with Gasteiger partial charge in [-0.1, -0.05) is 11.3 Å². The smallest absolute Gasteiger partial charge is 0.268 e. The summed E-state index contributed by atoms with van der Waals surface area (Å²) < 4.78 is 1.98. The van der Waals surface area contributed by atoms with Gasteiger partial charge in [-0.15, -0.1) is 0 Å². The van der Waals surface area contributed by atoms with Crippen molar-refractivity contribution in [1.82, 2.24) is 14.8 Å². The van der Waals surface area contributed by atoms with Crippen LogP contribution in [0.25, 0.3) is 0 Å². The lowest BCUT2D eigenvalue weighted by atomic mass is 10.3. The molecule has 1 fully saturated rings. The SMILES string of the molecule is CCNc1ncc(C(=O)Nc2cc(C3CC3)n(CC)n2)s1. The van der Waals surface area contributed by atoms with Crippen LogP contribution >= 0.6 is 11.3 Å². The van der Waals surface area contributed by atoms with Crippen LogP contribution in [0, 0.1) is 0 Å². The summed E-state index contributed by atoms with van der Waals surface area (Å²) in [6.45, 7) is 5.68. The zero-order chi connectivity index (χ0) is 14.8. The van der Waals surface area contributed by atoms with Gasteiger partial charge in [0.15, 0.2) is 10.9 Å². The van der Waals surface area contributed by atoms with Gasteiger partial charge >= 0.3 is 0 Å². The Labute approximate surface area is 127 Å². The Morgan fingerprint density at radius 1 is 1.48 bits per heavy atom. The van der Waals surface area contributed by atoms with Crippen molar-refractivity contribution in [3.8, 4) is 0 Å². The third-order valence-electron chi connectivity index (χ3n) is 3.41. The highest BCUT2D eigenvalue weighted by molar-refractivity contribution is 7.17. The number of anilines is 2. The average Bonchev–Trinajstić information content (AvgIpc) is 3.07. The minimum Gasteiger partial charge on any atom is -0.362 e. The Hall–Kier alpha value is -1.89. The molecule has 0 atom stereocenters. The van der Waals surface area contributed by atoms with Gasteiger partial charge in [0, 0.05) is 30.8 Å². The fraction of sp³-hybridized carbons (Fsp3) is 0.500. The summed E-state index contributed by atoms with van der Waals surface area (Å²) in [6, 6.07) is 1.99. The monoisotopic (exact) mass is 305 g/mol. The zero-order valence-electron chi connectivity index (χ0n) is 12.2. The highest BCUT2D eigenvalue weighted by Crippen LogP contribution is 2.40. The topological polar surface area (TPSA) is 71.8 Å². The molecule has 2 aromatic rings. The van der Waals surface area contributed by atoms with Crippen LogP contribution in [0.4, 0.5) is 10.9 Å². The van der Waals surface area contributed by atoms with Crippen LogP contribution in [-0.4, -0.2) is 27.2 Å². The van der Waals surface area contributed by atoms with Gasteiger partial charge in [-0.05, 0) is 26.7 Å². The highest BCUT2D eigenvalue weighted by atomic mass is 32.1. The maximum absolute atomic E-state index is 12.2. The summed E-state index contributed by atoms with van der Waals surface area (Å²) in [5, 5.41) is 11.2. The molecule has 3 rings (SSSR count). The Morgan fingerprint density at radius 2 is 2.29 bits per heavy atom. The second-order valence-corrected chi connectivity index (χ2v) is 6.09. The van der Waals surface area contributed by atoms with Gasteiger partial charge in [0.1, 0.15) is 4.88 Å².